The van der Waals surface area contributed by atoms with Crippen LogP contribution in [0.4, 0.5) is 13.2 Å². The first-order chi connectivity index (χ1) is 11.7. The molecule has 0 saturated carbocycles. The zero-order valence-corrected chi connectivity index (χ0v) is 13.4. The predicted octanol–water partition coefficient (Wildman–Crippen LogP) is 1.32. The number of likely N-dealkylation sites (tertiary alicyclic amines) is 1. The van der Waals surface area contributed by atoms with E-state index < -0.39 is 30.6 Å². The summed E-state index contributed by atoms with van der Waals surface area (Å²) in [4.78, 5) is 29.6. The summed E-state index contributed by atoms with van der Waals surface area (Å²) in [7, 11) is 0. The Labute approximate surface area is 140 Å². The van der Waals surface area contributed by atoms with Gasteiger partial charge in [-0.2, -0.15) is 18.3 Å². The van der Waals surface area contributed by atoms with Crippen LogP contribution >= 0.6 is 0 Å². The fraction of sp³-hybridized carbons (Fsp3) is 0.467. The molecule has 7 nitrogen and oxygen atoms in total. The number of amides is 2. The van der Waals surface area contributed by atoms with Gasteiger partial charge in [0.2, 0.25) is 5.91 Å². The van der Waals surface area contributed by atoms with Crippen LogP contribution in [0.25, 0.3) is 5.65 Å². The molecule has 2 aromatic heterocycles. The number of hydrogen-bond acceptors (Lipinski definition) is 4. The predicted molar refractivity (Wildman–Crippen MR) is 80.8 cm³/mol. The molecular weight excluding hydrogens is 339 g/mol. The van der Waals surface area contributed by atoms with E-state index in [0.29, 0.717) is 24.2 Å². The zero-order valence-electron chi connectivity index (χ0n) is 13.4. The van der Waals surface area contributed by atoms with Gasteiger partial charge in [0, 0.05) is 18.4 Å². The molecule has 1 saturated heterocycles. The Morgan fingerprint density at radius 3 is 2.92 bits per heavy atom. The maximum Gasteiger partial charge on any atom is 0.406 e. The Balaban J connectivity index is 1.75. The summed E-state index contributed by atoms with van der Waals surface area (Å²) in [5.41, 5.74) is 1.18. The fourth-order valence-corrected chi connectivity index (χ4v) is 2.80. The lowest BCUT2D eigenvalue weighted by Crippen LogP contribution is -2.54. The molecule has 2 aromatic rings. The quantitative estimate of drug-likeness (QED) is 0.901. The van der Waals surface area contributed by atoms with E-state index >= 15 is 0 Å². The SMILES string of the molecule is Cc1ccn2ncc(C(=O)NC3CCCN(CC(F)(F)F)C3=O)c2n1. The summed E-state index contributed by atoms with van der Waals surface area (Å²) in [6.07, 6.45) is -0.821. The molecule has 1 unspecified atom stereocenters. The van der Waals surface area contributed by atoms with Crippen LogP contribution in [0.15, 0.2) is 18.5 Å². The molecule has 0 aliphatic carbocycles. The van der Waals surface area contributed by atoms with Crippen molar-refractivity contribution in [1.29, 1.82) is 0 Å². The highest BCUT2D eigenvalue weighted by atomic mass is 19.4. The molecular formula is C15H16F3N5O2. The van der Waals surface area contributed by atoms with Crippen LogP contribution in [0.5, 0.6) is 0 Å². The van der Waals surface area contributed by atoms with E-state index in [2.05, 4.69) is 15.4 Å². The van der Waals surface area contributed by atoms with Gasteiger partial charge in [0.25, 0.3) is 5.91 Å². The Morgan fingerprint density at radius 1 is 1.44 bits per heavy atom. The van der Waals surface area contributed by atoms with Gasteiger partial charge >= 0.3 is 6.18 Å². The molecule has 25 heavy (non-hydrogen) atoms. The molecule has 1 fully saturated rings. The van der Waals surface area contributed by atoms with Crippen molar-refractivity contribution in [3.63, 3.8) is 0 Å². The first-order valence-corrected chi connectivity index (χ1v) is 7.72. The second kappa shape index (κ2) is 6.34. The van der Waals surface area contributed by atoms with E-state index in [0.717, 1.165) is 4.90 Å². The summed E-state index contributed by atoms with van der Waals surface area (Å²) in [5, 5.41) is 6.51. The average molecular weight is 355 g/mol. The Hall–Kier alpha value is -2.65. The van der Waals surface area contributed by atoms with Crippen molar-refractivity contribution < 1.29 is 22.8 Å². The van der Waals surface area contributed by atoms with Crippen molar-refractivity contribution >= 4 is 17.5 Å². The van der Waals surface area contributed by atoms with Gasteiger partial charge in [0.1, 0.15) is 18.2 Å². The summed E-state index contributed by atoms with van der Waals surface area (Å²) >= 11 is 0. The van der Waals surface area contributed by atoms with Gasteiger partial charge < -0.3 is 10.2 Å². The molecule has 1 N–H and O–H groups in total. The van der Waals surface area contributed by atoms with E-state index in [4.69, 9.17) is 0 Å². The highest BCUT2D eigenvalue weighted by Gasteiger charge is 2.38. The molecule has 1 atom stereocenters. The zero-order chi connectivity index (χ0) is 18.2. The van der Waals surface area contributed by atoms with Crippen LogP contribution in [-0.4, -0.2) is 56.6 Å². The molecule has 3 heterocycles. The van der Waals surface area contributed by atoms with Crippen molar-refractivity contribution in [1.82, 2.24) is 24.8 Å². The molecule has 0 radical (unpaired) electrons. The third-order valence-corrected chi connectivity index (χ3v) is 3.96. The van der Waals surface area contributed by atoms with Crippen LogP contribution in [0.1, 0.15) is 28.9 Å². The molecule has 0 spiro atoms. The van der Waals surface area contributed by atoms with Crippen LogP contribution in [0.2, 0.25) is 0 Å². The first kappa shape index (κ1) is 17.2. The van der Waals surface area contributed by atoms with Crippen molar-refractivity contribution in [3.05, 3.63) is 29.7 Å². The van der Waals surface area contributed by atoms with Crippen molar-refractivity contribution in [3.8, 4) is 0 Å². The lowest BCUT2D eigenvalue weighted by molar-refractivity contribution is -0.164. The van der Waals surface area contributed by atoms with E-state index in [1.165, 1.54) is 10.7 Å². The molecule has 0 aromatic carbocycles. The van der Waals surface area contributed by atoms with Gasteiger partial charge in [-0.15, -0.1) is 0 Å². The van der Waals surface area contributed by atoms with E-state index in [1.54, 1.807) is 19.2 Å². The van der Waals surface area contributed by atoms with Crippen LogP contribution < -0.4 is 5.32 Å². The average Bonchev–Trinajstić information content (AvgIpc) is 2.93. The molecule has 1 aliphatic rings. The minimum absolute atomic E-state index is 0.0299. The normalized spacial score (nSPS) is 18.6. The Kier molecular flexibility index (Phi) is 4.36. The molecule has 0 bridgehead atoms. The monoisotopic (exact) mass is 355 g/mol. The van der Waals surface area contributed by atoms with Crippen molar-refractivity contribution in [2.45, 2.75) is 32.0 Å². The number of aryl methyl sites for hydroxylation is 1. The van der Waals surface area contributed by atoms with Gasteiger partial charge in [-0.25, -0.2) is 9.50 Å². The number of halogens is 3. The molecule has 10 heteroatoms. The maximum atomic E-state index is 12.5. The molecule has 134 valence electrons. The van der Waals surface area contributed by atoms with Crippen LogP contribution in [0.3, 0.4) is 0 Å². The number of hydrogen-bond donors (Lipinski definition) is 1. The summed E-state index contributed by atoms with van der Waals surface area (Å²) in [5.74, 6) is -1.31. The highest BCUT2D eigenvalue weighted by molar-refractivity contribution is 6.01. The van der Waals surface area contributed by atoms with Crippen LogP contribution in [0, 0.1) is 6.92 Å². The molecule has 3 rings (SSSR count). The summed E-state index contributed by atoms with van der Waals surface area (Å²) in [6, 6.07) is 0.741. The lowest BCUT2D eigenvalue weighted by Gasteiger charge is -2.33. The van der Waals surface area contributed by atoms with Crippen molar-refractivity contribution in [2.75, 3.05) is 13.1 Å². The number of carbonyl (C=O) groups is 2. The van der Waals surface area contributed by atoms with E-state index in [1.807, 2.05) is 0 Å². The second-order valence-corrected chi connectivity index (χ2v) is 5.94. The molecule has 2 amide bonds. The fourth-order valence-electron chi connectivity index (χ4n) is 2.80. The number of carbonyl (C=O) groups excluding carboxylic acids is 2. The lowest BCUT2D eigenvalue weighted by atomic mass is 10.0. The maximum absolute atomic E-state index is 12.5. The second-order valence-electron chi connectivity index (χ2n) is 5.94. The third-order valence-electron chi connectivity index (χ3n) is 3.96. The minimum Gasteiger partial charge on any atom is -0.340 e. The Morgan fingerprint density at radius 2 is 2.20 bits per heavy atom. The Bertz CT molecular complexity index is 817. The number of fused-ring (bicyclic) bond motifs is 1. The largest absolute Gasteiger partial charge is 0.406 e. The number of nitrogens with one attached hydrogen (secondary N) is 1. The smallest absolute Gasteiger partial charge is 0.340 e. The molecule has 1 aliphatic heterocycles. The van der Waals surface area contributed by atoms with Gasteiger partial charge in [0.15, 0.2) is 5.65 Å². The van der Waals surface area contributed by atoms with Crippen LogP contribution in [-0.2, 0) is 4.79 Å². The summed E-state index contributed by atoms with van der Waals surface area (Å²) < 4.78 is 39.0. The number of alkyl halides is 3. The third kappa shape index (κ3) is 3.72. The number of rotatable bonds is 3. The number of nitrogens with zero attached hydrogens (tertiary/aromatic N) is 4. The van der Waals surface area contributed by atoms with Gasteiger partial charge in [-0.05, 0) is 25.8 Å². The first-order valence-electron chi connectivity index (χ1n) is 7.72. The minimum atomic E-state index is -4.47. The van der Waals surface area contributed by atoms with E-state index in [-0.39, 0.29) is 12.1 Å². The highest BCUT2D eigenvalue weighted by Crippen LogP contribution is 2.21. The van der Waals surface area contributed by atoms with Gasteiger partial charge in [0.05, 0.1) is 6.20 Å². The topological polar surface area (TPSA) is 79.6 Å². The number of aromatic nitrogens is 3. The van der Waals surface area contributed by atoms with Gasteiger partial charge in [-0.1, -0.05) is 0 Å². The van der Waals surface area contributed by atoms with Gasteiger partial charge in [-0.3, -0.25) is 9.59 Å². The van der Waals surface area contributed by atoms with Crippen molar-refractivity contribution in [2.24, 2.45) is 0 Å². The summed E-state index contributed by atoms with van der Waals surface area (Å²) in [6.45, 7) is 0.478. The number of piperidine rings is 1. The van der Waals surface area contributed by atoms with E-state index in [9.17, 15) is 22.8 Å². The standard InChI is InChI=1S/C15H16F3N5O2/c1-9-4-6-23-12(20-9)10(7-19-23)13(24)21-11-3-2-5-22(14(11)25)8-15(16,17)18/h4,6-7,11H,2-3,5,8H2,1H3,(H,21,24).